The zero-order valence-electron chi connectivity index (χ0n) is 13.4. The fraction of sp³-hybridized carbons (Fsp3) is 0.389. The highest BCUT2D eigenvalue weighted by molar-refractivity contribution is 6.30. The molecule has 6 heteroatoms. The number of carbonyl (C=O) groups is 1. The molecule has 2 heterocycles. The molecule has 4 rings (SSSR count). The van der Waals surface area contributed by atoms with Gasteiger partial charge in [-0.25, -0.2) is 0 Å². The topological polar surface area (TPSA) is 49.3 Å². The van der Waals surface area contributed by atoms with Gasteiger partial charge in [0, 0.05) is 42.7 Å². The van der Waals surface area contributed by atoms with Crippen LogP contribution in [0.25, 0.3) is 0 Å². The van der Waals surface area contributed by atoms with E-state index >= 15 is 0 Å². The molecule has 24 heavy (non-hydrogen) atoms. The van der Waals surface area contributed by atoms with Crippen LogP contribution < -0.4 is 4.90 Å². The predicted molar refractivity (Wildman–Crippen MR) is 93.6 cm³/mol. The standard InChI is InChI=1S/C18H19ClN4O/c19-15-5-3-14(4-6-15)18(24)23-11-9-22(10-12-23)17-8-7-16(20-21-17)13-1-2-13/h3-8,13H,1-2,9-12H2. The Bertz CT molecular complexity index is 720. The Morgan fingerprint density at radius 1 is 0.958 bits per heavy atom. The van der Waals surface area contributed by atoms with Crippen molar-refractivity contribution in [3.05, 3.63) is 52.7 Å². The summed E-state index contributed by atoms with van der Waals surface area (Å²) in [5.74, 6) is 1.58. The molecule has 1 aliphatic carbocycles. The minimum atomic E-state index is 0.0569. The lowest BCUT2D eigenvalue weighted by Gasteiger charge is -2.35. The number of aromatic nitrogens is 2. The van der Waals surface area contributed by atoms with Crippen LogP contribution in [0.2, 0.25) is 5.02 Å². The normalized spacial score (nSPS) is 17.9. The number of halogens is 1. The fourth-order valence-electron chi connectivity index (χ4n) is 3.01. The Hall–Kier alpha value is -2.14. The van der Waals surface area contributed by atoms with E-state index in [1.807, 2.05) is 4.90 Å². The van der Waals surface area contributed by atoms with Crippen LogP contribution in [-0.2, 0) is 0 Å². The van der Waals surface area contributed by atoms with Crippen molar-refractivity contribution >= 4 is 23.3 Å². The highest BCUT2D eigenvalue weighted by Crippen LogP contribution is 2.38. The summed E-state index contributed by atoms with van der Waals surface area (Å²) in [4.78, 5) is 16.6. The zero-order valence-corrected chi connectivity index (χ0v) is 14.1. The van der Waals surface area contributed by atoms with Crippen molar-refractivity contribution in [2.24, 2.45) is 0 Å². The highest BCUT2D eigenvalue weighted by atomic mass is 35.5. The molecule has 2 aromatic rings. The zero-order chi connectivity index (χ0) is 16.5. The van der Waals surface area contributed by atoms with Crippen molar-refractivity contribution in [1.29, 1.82) is 0 Å². The molecule has 0 radical (unpaired) electrons. The summed E-state index contributed by atoms with van der Waals surface area (Å²) in [6.45, 7) is 2.93. The third-order valence-electron chi connectivity index (χ3n) is 4.65. The summed E-state index contributed by atoms with van der Waals surface area (Å²) in [7, 11) is 0. The van der Waals surface area contributed by atoms with E-state index in [1.165, 1.54) is 12.8 Å². The lowest BCUT2D eigenvalue weighted by Crippen LogP contribution is -2.49. The highest BCUT2D eigenvalue weighted by Gasteiger charge is 2.26. The van der Waals surface area contributed by atoms with Crippen LogP contribution in [0.4, 0.5) is 5.82 Å². The summed E-state index contributed by atoms with van der Waals surface area (Å²) in [5, 5.41) is 9.34. The van der Waals surface area contributed by atoms with Crippen molar-refractivity contribution in [1.82, 2.24) is 15.1 Å². The van der Waals surface area contributed by atoms with Gasteiger partial charge in [-0.15, -0.1) is 5.10 Å². The minimum absolute atomic E-state index is 0.0569. The first-order chi connectivity index (χ1) is 11.7. The maximum Gasteiger partial charge on any atom is 0.253 e. The van der Waals surface area contributed by atoms with Gasteiger partial charge in [0.25, 0.3) is 5.91 Å². The molecule has 124 valence electrons. The summed E-state index contributed by atoms with van der Waals surface area (Å²) < 4.78 is 0. The minimum Gasteiger partial charge on any atom is -0.352 e. The molecule has 1 aliphatic heterocycles. The van der Waals surface area contributed by atoms with E-state index in [0.717, 1.165) is 24.6 Å². The molecule has 0 atom stereocenters. The number of piperazine rings is 1. The third-order valence-corrected chi connectivity index (χ3v) is 4.90. The van der Waals surface area contributed by atoms with Gasteiger partial charge in [0.2, 0.25) is 0 Å². The molecule has 2 aliphatic rings. The van der Waals surface area contributed by atoms with Gasteiger partial charge in [-0.1, -0.05) is 11.6 Å². The van der Waals surface area contributed by atoms with E-state index in [1.54, 1.807) is 24.3 Å². The molecular formula is C18H19ClN4O. The second-order valence-electron chi connectivity index (χ2n) is 6.38. The molecule has 1 saturated heterocycles. The van der Waals surface area contributed by atoms with Crippen LogP contribution >= 0.6 is 11.6 Å². The maximum atomic E-state index is 12.5. The van der Waals surface area contributed by atoms with Crippen LogP contribution in [0, 0.1) is 0 Å². The Morgan fingerprint density at radius 3 is 2.25 bits per heavy atom. The van der Waals surface area contributed by atoms with Gasteiger partial charge in [-0.2, -0.15) is 5.10 Å². The number of hydrogen-bond acceptors (Lipinski definition) is 4. The molecule has 0 unspecified atom stereocenters. The van der Waals surface area contributed by atoms with Crippen molar-refractivity contribution in [3.8, 4) is 0 Å². The van der Waals surface area contributed by atoms with Crippen molar-refractivity contribution in [2.75, 3.05) is 31.1 Å². The molecule has 1 aromatic heterocycles. The molecule has 5 nitrogen and oxygen atoms in total. The van der Waals surface area contributed by atoms with Crippen LogP contribution in [0.1, 0.15) is 34.8 Å². The first kappa shape index (κ1) is 15.4. The number of amides is 1. The first-order valence-electron chi connectivity index (χ1n) is 8.34. The Morgan fingerprint density at radius 2 is 1.67 bits per heavy atom. The van der Waals surface area contributed by atoms with Crippen molar-refractivity contribution in [2.45, 2.75) is 18.8 Å². The summed E-state index contributed by atoms with van der Waals surface area (Å²) in [5.41, 5.74) is 1.79. The number of carbonyl (C=O) groups excluding carboxylic acids is 1. The molecule has 2 fully saturated rings. The quantitative estimate of drug-likeness (QED) is 0.860. The van der Waals surface area contributed by atoms with Gasteiger partial charge < -0.3 is 9.80 Å². The smallest absolute Gasteiger partial charge is 0.253 e. The van der Waals surface area contributed by atoms with Crippen molar-refractivity contribution < 1.29 is 4.79 Å². The monoisotopic (exact) mass is 342 g/mol. The second-order valence-corrected chi connectivity index (χ2v) is 6.81. The summed E-state index contributed by atoms with van der Waals surface area (Å²) in [6.07, 6.45) is 2.47. The largest absolute Gasteiger partial charge is 0.352 e. The van der Waals surface area contributed by atoms with Gasteiger partial charge >= 0.3 is 0 Å². The SMILES string of the molecule is O=C(c1ccc(Cl)cc1)N1CCN(c2ccc(C3CC3)nn2)CC1. The Kier molecular flexibility index (Phi) is 4.10. The second kappa shape index (κ2) is 6.40. The van der Waals surface area contributed by atoms with Gasteiger partial charge in [0.1, 0.15) is 0 Å². The van der Waals surface area contributed by atoms with E-state index in [-0.39, 0.29) is 5.91 Å². The molecule has 1 amide bonds. The molecule has 1 saturated carbocycles. The molecule has 0 spiro atoms. The van der Waals surface area contributed by atoms with Crippen LogP contribution in [-0.4, -0.2) is 47.2 Å². The molecular weight excluding hydrogens is 324 g/mol. The fourth-order valence-corrected chi connectivity index (χ4v) is 3.14. The number of anilines is 1. The molecule has 0 bridgehead atoms. The average Bonchev–Trinajstić information content (AvgIpc) is 3.47. The maximum absolute atomic E-state index is 12.5. The van der Waals surface area contributed by atoms with Crippen molar-refractivity contribution in [3.63, 3.8) is 0 Å². The van der Waals surface area contributed by atoms with Gasteiger partial charge in [-0.05, 0) is 49.2 Å². The van der Waals surface area contributed by atoms with E-state index in [4.69, 9.17) is 11.6 Å². The van der Waals surface area contributed by atoms with E-state index < -0.39 is 0 Å². The molecule has 0 N–H and O–H groups in total. The van der Waals surface area contributed by atoms with E-state index in [0.29, 0.717) is 29.6 Å². The number of rotatable bonds is 3. The summed E-state index contributed by atoms with van der Waals surface area (Å²) >= 11 is 5.88. The van der Waals surface area contributed by atoms with Crippen LogP contribution in [0.3, 0.4) is 0 Å². The van der Waals surface area contributed by atoms with E-state index in [2.05, 4.69) is 27.2 Å². The predicted octanol–water partition coefficient (Wildman–Crippen LogP) is 2.97. The average molecular weight is 343 g/mol. The number of hydrogen-bond donors (Lipinski definition) is 0. The molecule has 1 aromatic carbocycles. The van der Waals surface area contributed by atoms with Gasteiger partial charge in [0.05, 0.1) is 5.69 Å². The first-order valence-corrected chi connectivity index (χ1v) is 8.72. The van der Waals surface area contributed by atoms with Crippen LogP contribution in [0.5, 0.6) is 0 Å². The number of nitrogens with zero attached hydrogens (tertiary/aromatic N) is 4. The Balaban J connectivity index is 1.37. The summed E-state index contributed by atoms with van der Waals surface area (Å²) in [6, 6.07) is 11.2. The third kappa shape index (κ3) is 3.22. The lowest BCUT2D eigenvalue weighted by molar-refractivity contribution is 0.0746. The number of benzene rings is 1. The van der Waals surface area contributed by atoms with Gasteiger partial charge in [-0.3, -0.25) is 4.79 Å². The Labute approximate surface area is 146 Å². The van der Waals surface area contributed by atoms with Crippen LogP contribution in [0.15, 0.2) is 36.4 Å². The van der Waals surface area contributed by atoms with Gasteiger partial charge in [0.15, 0.2) is 5.82 Å². The van der Waals surface area contributed by atoms with E-state index in [9.17, 15) is 4.79 Å². The lowest BCUT2D eigenvalue weighted by atomic mass is 10.2.